The van der Waals surface area contributed by atoms with Crippen molar-refractivity contribution in [2.75, 3.05) is 5.32 Å². The summed E-state index contributed by atoms with van der Waals surface area (Å²) in [6, 6.07) is 11.1. The Labute approximate surface area is 148 Å². The van der Waals surface area contributed by atoms with E-state index in [0.717, 1.165) is 23.7 Å². The largest absolute Gasteiger partial charge is 0.358 e. The van der Waals surface area contributed by atoms with E-state index in [9.17, 15) is 9.59 Å². The maximum absolute atomic E-state index is 12.7. The van der Waals surface area contributed by atoms with Crippen LogP contribution in [0.1, 0.15) is 34.5 Å². The quantitative estimate of drug-likeness (QED) is 0.447. The standard InChI is InChI=1S/C20H18N4O2/c25-19(21-12-6-8-17-18(10-12)24-20(26)23-17)11-5-7-16-14(9-11)13-3-1-2-4-15(13)22-16/h5-10,22H,1-4H2,(H,21,25)(H2,23,24,26). The second kappa shape index (κ2) is 5.62. The van der Waals surface area contributed by atoms with Gasteiger partial charge in [0.1, 0.15) is 0 Å². The monoisotopic (exact) mass is 346 g/mol. The number of aromatic nitrogens is 3. The van der Waals surface area contributed by atoms with Gasteiger partial charge in [-0.25, -0.2) is 4.79 Å². The average molecular weight is 346 g/mol. The molecule has 6 heteroatoms. The molecule has 0 spiro atoms. The SMILES string of the molecule is O=C(Nc1ccc2[nH]c(=O)[nH]c2c1)c1ccc2[nH]c3c(c2c1)CCCC3. The highest BCUT2D eigenvalue weighted by Gasteiger charge is 2.17. The summed E-state index contributed by atoms with van der Waals surface area (Å²) in [5.41, 5.74) is 6.17. The van der Waals surface area contributed by atoms with Gasteiger partial charge in [-0.2, -0.15) is 0 Å². The number of aryl methyl sites for hydroxylation is 2. The molecular weight excluding hydrogens is 328 g/mol. The normalized spacial score (nSPS) is 13.8. The van der Waals surface area contributed by atoms with Gasteiger partial charge in [0.05, 0.1) is 11.0 Å². The topological polar surface area (TPSA) is 93.5 Å². The molecule has 2 heterocycles. The minimum atomic E-state index is -0.258. The fourth-order valence-corrected chi connectivity index (χ4v) is 3.86. The van der Waals surface area contributed by atoms with Crippen LogP contribution in [0, 0.1) is 0 Å². The third-order valence-corrected chi connectivity index (χ3v) is 5.13. The summed E-state index contributed by atoms with van der Waals surface area (Å²) in [4.78, 5) is 32.9. The number of hydrogen-bond acceptors (Lipinski definition) is 2. The number of aromatic amines is 3. The fourth-order valence-electron chi connectivity index (χ4n) is 3.86. The van der Waals surface area contributed by atoms with Crippen molar-refractivity contribution in [3.05, 3.63) is 63.7 Å². The van der Waals surface area contributed by atoms with E-state index in [1.807, 2.05) is 18.2 Å². The molecule has 0 saturated carbocycles. The smallest absolute Gasteiger partial charge is 0.323 e. The van der Waals surface area contributed by atoms with Crippen LogP contribution in [0.25, 0.3) is 21.9 Å². The van der Waals surface area contributed by atoms with E-state index >= 15 is 0 Å². The molecule has 6 nitrogen and oxygen atoms in total. The summed E-state index contributed by atoms with van der Waals surface area (Å²) in [6.07, 6.45) is 4.57. The highest BCUT2D eigenvalue weighted by atomic mass is 16.2. The molecule has 1 aliphatic rings. The predicted molar refractivity (Wildman–Crippen MR) is 102 cm³/mol. The van der Waals surface area contributed by atoms with Crippen molar-refractivity contribution in [1.29, 1.82) is 0 Å². The summed E-state index contributed by atoms with van der Waals surface area (Å²) in [5, 5.41) is 4.06. The summed E-state index contributed by atoms with van der Waals surface area (Å²) >= 11 is 0. The van der Waals surface area contributed by atoms with Crippen molar-refractivity contribution >= 4 is 33.5 Å². The number of fused-ring (bicyclic) bond motifs is 4. The van der Waals surface area contributed by atoms with E-state index in [1.54, 1.807) is 18.2 Å². The van der Waals surface area contributed by atoms with Gasteiger partial charge >= 0.3 is 5.69 Å². The lowest BCUT2D eigenvalue weighted by Gasteiger charge is -2.10. The number of benzene rings is 2. The van der Waals surface area contributed by atoms with Crippen molar-refractivity contribution in [2.24, 2.45) is 0 Å². The van der Waals surface area contributed by atoms with Gasteiger partial charge in [0, 0.05) is 27.8 Å². The summed E-state index contributed by atoms with van der Waals surface area (Å²) < 4.78 is 0. The number of anilines is 1. The van der Waals surface area contributed by atoms with E-state index in [0.29, 0.717) is 22.3 Å². The molecule has 1 aliphatic carbocycles. The van der Waals surface area contributed by atoms with E-state index in [-0.39, 0.29) is 11.6 Å². The fraction of sp³-hybridized carbons (Fsp3) is 0.200. The number of carbonyl (C=O) groups excluding carboxylic acids is 1. The van der Waals surface area contributed by atoms with Crippen molar-refractivity contribution in [3.8, 4) is 0 Å². The van der Waals surface area contributed by atoms with E-state index in [4.69, 9.17) is 0 Å². The lowest BCUT2D eigenvalue weighted by molar-refractivity contribution is 0.102. The Bertz CT molecular complexity index is 1210. The van der Waals surface area contributed by atoms with Crippen LogP contribution in [-0.4, -0.2) is 20.9 Å². The number of imidazole rings is 1. The van der Waals surface area contributed by atoms with Gasteiger partial charge in [0.15, 0.2) is 0 Å². The molecule has 1 amide bonds. The van der Waals surface area contributed by atoms with E-state index < -0.39 is 0 Å². The number of rotatable bonds is 2. The van der Waals surface area contributed by atoms with Gasteiger partial charge in [0.2, 0.25) is 0 Å². The van der Waals surface area contributed by atoms with Crippen LogP contribution in [0.3, 0.4) is 0 Å². The number of hydrogen-bond donors (Lipinski definition) is 4. The molecular formula is C20H18N4O2. The highest BCUT2D eigenvalue weighted by Crippen LogP contribution is 2.30. The zero-order chi connectivity index (χ0) is 17.7. The van der Waals surface area contributed by atoms with Crippen molar-refractivity contribution in [2.45, 2.75) is 25.7 Å². The van der Waals surface area contributed by atoms with Crippen LogP contribution in [-0.2, 0) is 12.8 Å². The van der Waals surface area contributed by atoms with Gasteiger partial charge in [-0.3, -0.25) is 4.79 Å². The van der Waals surface area contributed by atoms with Gasteiger partial charge in [0.25, 0.3) is 5.91 Å². The predicted octanol–water partition coefficient (Wildman–Crippen LogP) is 3.47. The molecule has 130 valence electrons. The Morgan fingerprint density at radius 3 is 2.62 bits per heavy atom. The maximum Gasteiger partial charge on any atom is 0.323 e. The third-order valence-electron chi connectivity index (χ3n) is 5.13. The van der Waals surface area contributed by atoms with E-state index in [1.165, 1.54) is 24.1 Å². The molecule has 0 radical (unpaired) electrons. The van der Waals surface area contributed by atoms with Crippen LogP contribution < -0.4 is 11.0 Å². The van der Waals surface area contributed by atoms with Crippen molar-refractivity contribution in [1.82, 2.24) is 15.0 Å². The molecule has 0 bridgehead atoms. The summed E-state index contributed by atoms with van der Waals surface area (Å²) in [6.45, 7) is 0. The Morgan fingerprint density at radius 1 is 0.885 bits per heavy atom. The van der Waals surface area contributed by atoms with Crippen LogP contribution in [0.2, 0.25) is 0 Å². The van der Waals surface area contributed by atoms with E-state index in [2.05, 4.69) is 20.3 Å². The number of amides is 1. The molecule has 0 aliphatic heterocycles. The van der Waals surface area contributed by atoms with Crippen LogP contribution >= 0.6 is 0 Å². The molecule has 4 aromatic rings. The molecule has 2 aromatic carbocycles. The second-order valence-corrected chi connectivity index (χ2v) is 6.84. The van der Waals surface area contributed by atoms with Gasteiger partial charge < -0.3 is 20.3 Å². The molecule has 0 atom stereocenters. The summed E-state index contributed by atoms with van der Waals surface area (Å²) in [5.74, 6) is -0.158. The molecule has 26 heavy (non-hydrogen) atoms. The first-order valence-corrected chi connectivity index (χ1v) is 8.84. The van der Waals surface area contributed by atoms with Crippen LogP contribution in [0.4, 0.5) is 5.69 Å². The minimum absolute atomic E-state index is 0.158. The Hall–Kier alpha value is -3.28. The number of H-pyrrole nitrogens is 3. The van der Waals surface area contributed by atoms with Crippen LogP contribution in [0.5, 0.6) is 0 Å². The third kappa shape index (κ3) is 2.42. The Morgan fingerprint density at radius 2 is 1.69 bits per heavy atom. The van der Waals surface area contributed by atoms with Crippen LogP contribution in [0.15, 0.2) is 41.2 Å². The first kappa shape index (κ1) is 15.0. The highest BCUT2D eigenvalue weighted by molar-refractivity contribution is 6.07. The Kier molecular flexibility index (Phi) is 3.25. The van der Waals surface area contributed by atoms with Gasteiger partial charge in [-0.15, -0.1) is 0 Å². The molecule has 4 N–H and O–H groups in total. The maximum atomic E-state index is 12.7. The van der Waals surface area contributed by atoms with Crippen molar-refractivity contribution < 1.29 is 4.79 Å². The zero-order valence-electron chi connectivity index (χ0n) is 14.1. The Balaban J connectivity index is 1.48. The first-order valence-electron chi connectivity index (χ1n) is 8.84. The van der Waals surface area contributed by atoms with Crippen molar-refractivity contribution in [3.63, 3.8) is 0 Å². The molecule has 5 rings (SSSR count). The second-order valence-electron chi connectivity index (χ2n) is 6.84. The average Bonchev–Trinajstić information content (AvgIpc) is 3.20. The van der Waals surface area contributed by atoms with Gasteiger partial charge in [-0.05, 0) is 67.6 Å². The molecule has 2 aromatic heterocycles. The molecule has 0 fully saturated rings. The van der Waals surface area contributed by atoms with Gasteiger partial charge in [-0.1, -0.05) is 0 Å². The lowest BCUT2D eigenvalue weighted by atomic mass is 9.95. The molecule has 0 saturated heterocycles. The minimum Gasteiger partial charge on any atom is -0.358 e. The summed E-state index contributed by atoms with van der Waals surface area (Å²) in [7, 11) is 0. The lowest BCUT2D eigenvalue weighted by Crippen LogP contribution is -2.11. The first-order chi connectivity index (χ1) is 12.7. The molecule has 0 unspecified atom stereocenters. The zero-order valence-corrected chi connectivity index (χ0v) is 14.1. The number of carbonyl (C=O) groups is 1. The number of nitrogens with one attached hydrogen (secondary N) is 4.